The summed E-state index contributed by atoms with van der Waals surface area (Å²) in [7, 11) is 0. The second-order valence-electron chi connectivity index (χ2n) is 7.64. The van der Waals surface area contributed by atoms with Crippen LogP contribution in [0.4, 0.5) is 11.4 Å². The van der Waals surface area contributed by atoms with Gasteiger partial charge in [0.15, 0.2) is 0 Å². The van der Waals surface area contributed by atoms with E-state index in [1.807, 2.05) is 24.3 Å². The van der Waals surface area contributed by atoms with Crippen LogP contribution in [-0.2, 0) is 16.0 Å². The van der Waals surface area contributed by atoms with Crippen LogP contribution in [0.25, 0.3) is 0 Å². The predicted octanol–water partition coefficient (Wildman–Crippen LogP) is 3.91. The van der Waals surface area contributed by atoms with Crippen LogP contribution in [0.1, 0.15) is 44.4 Å². The Hall–Kier alpha value is -2.66. The van der Waals surface area contributed by atoms with E-state index in [2.05, 4.69) is 55.7 Å². The number of carbonyl (C=O) groups excluding carboxylic acids is 2. The maximum Gasteiger partial charge on any atom is 0.244 e. The fourth-order valence-electron chi connectivity index (χ4n) is 3.67. The van der Waals surface area contributed by atoms with E-state index in [0.29, 0.717) is 11.6 Å². The molecule has 1 atom stereocenters. The third kappa shape index (κ3) is 4.60. The van der Waals surface area contributed by atoms with Crippen LogP contribution in [0, 0.1) is 5.92 Å². The van der Waals surface area contributed by atoms with Crippen LogP contribution in [0.3, 0.4) is 0 Å². The van der Waals surface area contributed by atoms with Gasteiger partial charge in [0.1, 0.15) is 6.54 Å². The molecule has 148 valence electrons. The third-order valence-electron chi connectivity index (χ3n) is 5.09. The number of amides is 2. The highest BCUT2D eigenvalue weighted by atomic mass is 16.2. The predicted molar refractivity (Wildman–Crippen MR) is 113 cm³/mol. The first-order valence-corrected chi connectivity index (χ1v) is 10.0. The Labute approximate surface area is 167 Å². The second kappa shape index (κ2) is 9.02. The Kier molecular flexibility index (Phi) is 6.47. The molecule has 5 heteroatoms. The van der Waals surface area contributed by atoms with Gasteiger partial charge in [-0.15, -0.1) is 0 Å². The summed E-state index contributed by atoms with van der Waals surface area (Å²) < 4.78 is 0. The first kappa shape index (κ1) is 20.1. The molecular formula is C23H29N3O2. The van der Waals surface area contributed by atoms with Crippen LogP contribution in [0.5, 0.6) is 0 Å². The zero-order valence-corrected chi connectivity index (χ0v) is 16.9. The molecule has 0 aromatic heterocycles. The highest BCUT2D eigenvalue weighted by Gasteiger charge is 2.27. The van der Waals surface area contributed by atoms with Crippen LogP contribution in [0.15, 0.2) is 48.5 Å². The Balaban J connectivity index is 1.70. The minimum Gasteiger partial charge on any atom is -0.323 e. The number of para-hydroxylation sites is 2. The van der Waals surface area contributed by atoms with Crippen LogP contribution in [0.2, 0.25) is 0 Å². The number of benzene rings is 2. The largest absolute Gasteiger partial charge is 0.323 e. The van der Waals surface area contributed by atoms with Gasteiger partial charge >= 0.3 is 0 Å². The molecule has 2 amide bonds. The molecule has 0 unspecified atom stereocenters. The maximum absolute atomic E-state index is 12.9. The zero-order chi connectivity index (χ0) is 20.1. The van der Waals surface area contributed by atoms with Gasteiger partial charge in [0.2, 0.25) is 11.8 Å². The number of anilines is 2. The number of hydrogen-bond acceptors (Lipinski definition) is 3. The SMILES string of the molecule is CCCc1ccc([C@H](NCC(=O)N2CC(=O)Nc3ccccc32)C(C)C)cc1. The molecule has 1 aliphatic rings. The fraction of sp³-hybridized carbons (Fsp3) is 0.391. The van der Waals surface area contributed by atoms with Crippen molar-refractivity contribution in [3.05, 3.63) is 59.7 Å². The van der Waals surface area contributed by atoms with Gasteiger partial charge in [-0.05, 0) is 35.6 Å². The van der Waals surface area contributed by atoms with E-state index in [-0.39, 0.29) is 30.9 Å². The quantitative estimate of drug-likeness (QED) is 0.767. The molecule has 2 N–H and O–H groups in total. The van der Waals surface area contributed by atoms with E-state index < -0.39 is 0 Å². The van der Waals surface area contributed by atoms with Gasteiger partial charge in [0.05, 0.1) is 17.9 Å². The molecule has 2 aromatic carbocycles. The van der Waals surface area contributed by atoms with E-state index in [9.17, 15) is 9.59 Å². The summed E-state index contributed by atoms with van der Waals surface area (Å²) in [5, 5.41) is 6.22. The highest BCUT2D eigenvalue weighted by Crippen LogP contribution is 2.29. The number of fused-ring (bicyclic) bond motifs is 1. The van der Waals surface area contributed by atoms with Gasteiger partial charge < -0.3 is 10.6 Å². The van der Waals surface area contributed by atoms with E-state index in [0.717, 1.165) is 18.5 Å². The first-order chi connectivity index (χ1) is 13.5. The average Bonchev–Trinajstić information content (AvgIpc) is 2.68. The van der Waals surface area contributed by atoms with Gasteiger partial charge in [-0.3, -0.25) is 14.5 Å². The van der Waals surface area contributed by atoms with Crippen molar-refractivity contribution in [2.24, 2.45) is 5.92 Å². The molecule has 1 heterocycles. The number of hydrogen-bond donors (Lipinski definition) is 2. The van der Waals surface area contributed by atoms with Crippen molar-refractivity contribution in [1.82, 2.24) is 5.32 Å². The average molecular weight is 380 g/mol. The maximum atomic E-state index is 12.9. The Bertz CT molecular complexity index is 830. The summed E-state index contributed by atoms with van der Waals surface area (Å²) in [6.07, 6.45) is 2.21. The fourth-order valence-corrected chi connectivity index (χ4v) is 3.67. The van der Waals surface area contributed by atoms with E-state index in [4.69, 9.17) is 0 Å². The summed E-state index contributed by atoms with van der Waals surface area (Å²) in [5.74, 6) is 0.0660. The summed E-state index contributed by atoms with van der Waals surface area (Å²) in [6, 6.07) is 16.1. The van der Waals surface area contributed by atoms with Crippen molar-refractivity contribution < 1.29 is 9.59 Å². The van der Waals surface area contributed by atoms with Crippen molar-refractivity contribution in [2.75, 3.05) is 23.3 Å². The lowest BCUT2D eigenvalue weighted by Gasteiger charge is -2.30. The highest BCUT2D eigenvalue weighted by molar-refractivity contribution is 6.10. The molecule has 0 saturated heterocycles. The van der Waals surface area contributed by atoms with Crippen LogP contribution in [-0.4, -0.2) is 24.9 Å². The Morgan fingerprint density at radius 3 is 2.54 bits per heavy atom. The Morgan fingerprint density at radius 2 is 1.86 bits per heavy atom. The van der Waals surface area contributed by atoms with Crippen molar-refractivity contribution in [1.29, 1.82) is 0 Å². The lowest BCUT2D eigenvalue weighted by Crippen LogP contribution is -2.46. The summed E-state index contributed by atoms with van der Waals surface area (Å²) in [4.78, 5) is 26.4. The third-order valence-corrected chi connectivity index (χ3v) is 5.09. The summed E-state index contributed by atoms with van der Waals surface area (Å²) >= 11 is 0. The standard InChI is InChI=1S/C23H29N3O2/c1-4-7-17-10-12-18(13-11-17)23(16(2)3)24-14-22(28)26-15-21(27)25-19-8-5-6-9-20(19)26/h5-6,8-13,16,23-24H,4,7,14-15H2,1-3H3,(H,25,27)/t23-/m1/s1. The minimum atomic E-state index is -0.168. The molecule has 3 rings (SSSR count). The molecule has 2 aromatic rings. The smallest absolute Gasteiger partial charge is 0.244 e. The molecule has 0 aliphatic carbocycles. The molecule has 0 fully saturated rings. The number of nitrogens with zero attached hydrogens (tertiary/aromatic N) is 1. The van der Waals surface area contributed by atoms with E-state index >= 15 is 0 Å². The molecule has 0 bridgehead atoms. The van der Waals surface area contributed by atoms with Crippen LogP contribution < -0.4 is 15.5 Å². The van der Waals surface area contributed by atoms with Crippen LogP contribution >= 0.6 is 0 Å². The first-order valence-electron chi connectivity index (χ1n) is 10.0. The van der Waals surface area contributed by atoms with Crippen molar-refractivity contribution >= 4 is 23.2 Å². The van der Waals surface area contributed by atoms with Gasteiger partial charge in [-0.1, -0.05) is 63.6 Å². The molecule has 1 aliphatic heterocycles. The van der Waals surface area contributed by atoms with Crippen molar-refractivity contribution in [3.63, 3.8) is 0 Å². The Morgan fingerprint density at radius 1 is 1.14 bits per heavy atom. The second-order valence-corrected chi connectivity index (χ2v) is 7.64. The monoisotopic (exact) mass is 379 g/mol. The van der Waals surface area contributed by atoms with Crippen molar-refractivity contribution in [2.45, 2.75) is 39.7 Å². The number of nitrogens with one attached hydrogen (secondary N) is 2. The number of rotatable bonds is 7. The number of carbonyl (C=O) groups is 2. The number of aryl methyl sites for hydroxylation is 1. The van der Waals surface area contributed by atoms with Crippen molar-refractivity contribution in [3.8, 4) is 0 Å². The van der Waals surface area contributed by atoms with Gasteiger partial charge in [0, 0.05) is 6.04 Å². The van der Waals surface area contributed by atoms with E-state index in [1.165, 1.54) is 11.1 Å². The summed E-state index contributed by atoms with van der Waals surface area (Å²) in [6.45, 7) is 6.70. The van der Waals surface area contributed by atoms with Gasteiger partial charge in [0.25, 0.3) is 0 Å². The molecular weight excluding hydrogens is 350 g/mol. The van der Waals surface area contributed by atoms with E-state index in [1.54, 1.807) is 4.90 Å². The zero-order valence-electron chi connectivity index (χ0n) is 16.9. The minimum absolute atomic E-state index is 0.0512. The van der Waals surface area contributed by atoms with Gasteiger partial charge in [-0.2, -0.15) is 0 Å². The molecule has 28 heavy (non-hydrogen) atoms. The normalized spacial score (nSPS) is 14.6. The molecule has 5 nitrogen and oxygen atoms in total. The summed E-state index contributed by atoms with van der Waals surface area (Å²) in [5.41, 5.74) is 3.94. The molecule has 0 saturated carbocycles. The molecule has 0 spiro atoms. The lowest BCUT2D eigenvalue weighted by molar-refractivity contribution is -0.121. The van der Waals surface area contributed by atoms with Gasteiger partial charge in [-0.25, -0.2) is 0 Å². The lowest BCUT2D eigenvalue weighted by atomic mass is 9.94. The topological polar surface area (TPSA) is 61.4 Å². The molecule has 0 radical (unpaired) electrons.